The SMILES string of the molecule is Cc1ccc(-c2csc(N/N=C\c3ccc(Cl)c(Cl)c3)n2)cc1. The Kier molecular flexibility index (Phi) is 4.96. The quantitative estimate of drug-likeness (QED) is 0.465. The van der Waals surface area contributed by atoms with E-state index in [-0.39, 0.29) is 0 Å². The highest BCUT2D eigenvalue weighted by molar-refractivity contribution is 7.14. The van der Waals surface area contributed by atoms with Crippen LogP contribution >= 0.6 is 34.5 Å². The molecule has 0 saturated carbocycles. The van der Waals surface area contributed by atoms with Crippen LogP contribution in [0.5, 0.6) is 0 Å². The second-order valence-corrected chi connectivity index (χ2v) is 6.62. The Balaban J connectivity index is 1.68. The number of hydrogen-bond donors (Lipinski definition) is 1. The van der Waals surface area contributed by atoms with Gasteiger partial charge in [0.1, 0.15) is 0 Å². The van der Waals surface area contributed by atoms with E-state index in [0.717, 1.165) is 22.0 Å². The zero-order valence-electron chi connectivity index (χ0n) is 12.3. The van der Waals surface area contributed by atoms with Gasteiger partial charge in [0.05, 0.1) is 22.0 Å². The zero-order chi connectivity index (χ0) is 16.2. The second kappa shape index (κ2) is 7.13. The van der Waals surface area contributed by atoms with Crippen LogP contribution in [0.4, 0.5) is 5.13 Å². The molecule has 0 unspecified atom stereocenters. The minimum Gasteiger partial charge on any atom is -0.253 e. The predicted octanol–water partition coefficient (Wildman–Crippen LogP) is 5.87. The molecule has 23 heavy (non-hydrogen) atoms. The van der Waals surface area contributed by atoms with Gasteiger partial charge in [-0.15, -0.1) is 11.3 Å². The van der Waals surface area contributed by atoms with Crippen molar-refractivity contribution in [3.63, 3.8) is 0 Å². The van der Waals surface area contributed by atoms with Crippen molar-refractivity contribution in [3.05, 3.63) is 69.0 Å². The van der Waals surface area contributed by atoms with Gasteiger partial charge in [-0.3, -0.25) is 5.43 Å². The molecule has 1 heterocycles. The summed E-state index contributed by atoms with van der Waals surface area (Å²) < 4.78 is 0. The van der Waals surface area contributed by atoms with Crippen molar-refractivity contribution in [2.24, 2.45) is 5.10 Å². The third-order valence-electron chi connectivity index (χ3n) is 3.17. The third kappa shape index (κ3) is 4.10. The molecule has 0 radical (unpaired) electrons. The van der Waals surface area contributed by atoms with Crippen LogP contribution in [0.3, 0.4) is 0 Å². The van der Waals surface area contributed by atoms with Crippen molar-refractivity contribution in [2.75, 3.05) is 5.43 Å². The molecule has 1 aromatic heterocycles. The molecule has 2 aromatic carbocycles. The average Bonchev–Trinajstić information content (AvgIpc) is 3.00. The lowest BCUT2D eigenvalue weighted by Crippen LogP contribution is -1.90. The number of aromatic nitrogens is 1. The van der Waals surface area contributed by atoms with Gasteiger partial charge in [0.25, 0.3) is 0 Å². The summed E-state index contributed by atoms with van der Waals surface area (Å²) >= 11 is 13.4. The summed E-state index contributed by atoms with van der Waals surface area (Å²) in [5, 5.41) is 7.94. The number of thiazole rings is 1. The van der Waals surface area contributed by atoms with Crippen LogP contribution in [0.25, 0.3) is 11.3 Å². The number of hydrazone groups is 1. The van der Waals surface area contributed by atoms with Gasteiger partial charge >= 0.3 is 0 Å². The topological polar surface area (TPSA) is 37.3 Å². The summed E-state index contributed by atoms with van der Waals surface area (Å²) in [6, 6.07) is 13.6. The van der Waals surface area contributed by atoms with Crippen LogP contribution in [-0.4, -0.2) is 11.2 Å². The van der Waals surface area contributed by atoms with Crippen LogP contribution in [-0.2, 0) is 0 Å². The maximum atomic E-state index is 5.97. The number of rotatable bonds is 4. The summed E-state index contributed by atoms with van der Waals surface area (Å²) in [5.74, 6) is 0. The predicted molar refractivity (Wildman–Crippen MR) is 100.0 cm³/mol. The van der Waals surface area contributed by atoms with Crippen LogP contribution in [0.1, 0.15) is 11.1 Å². The van der Waals surface area contributed by atoms with Crippen molar-refractivity contribution in [1.29, 1.82) is 0 Å². The molecule has 6 heteroatoms. The van der Waals surface area contributed by atoms with E-state index in [2.05, 4.69) is 46.7 Å². The number of hydrogen-bond acceptors (Lipinski definition) is 4. The number of anilines is 1. The molecule has 0 bridgehead atoms. The van der Waals surface area contributed by atoms with Crippen molar-refractivity contribution in [3.8, 4) is 11.3 Å². The lowest BCUT2D eigenvalue weighted by Gasteiger charge is -1.98. The Bertz CT molecular complexity index is 841. The number of nitrogens with one attached hydrogen (secondary N) is 1. The molecule has 3 nitrogen and oxygen atoms in total. The monoisotopic (exact) mass is 361 g/mol. The van der Waals surface area contributed by atoms with Crippen LogP contribution < -0.4 is 5.43 Å². The molecular weight excluding hydrogens is 349 g/mol. The van der Waals surface area contributed by atoms with Gasteiger partial charge in [-0.1, -0.05) is 59.1 Å². The number of benzene rings is 2. The minimum absolute atomic E-state index is 0.506. The van der Waals surface area contributed by atoms with E-state index >= 15 is 0 Å². The van der Waals surface area contributed by atoms with Gasteiger partial charge in [0.15, 0.2) is 0 Å². The highest BCUT2D eigenvalue weighted by Gasteiger charge is 2.03. The molecule has 0 amide bonds. The van der Waals surface area contributed by atoms with Gasteiger partial charge in [0.2, 0.25) is 5.13 Å². The smallest absolute Gasteiger partial charge is 0.203 e. The lowest BCUT2D eigenvalue weighted by atomic mass is 10.1. The second-order valence-electron chi connectivity index (χ2n) is 4.95. The fourth-order valence-corrected chi connectivity index (χ4v) is 2.91. The Morgan fingerprint density at radius 2 is 1.87 bits per heavy atom. The number of aryl methyl sites for hydroxylation is 1. The first kappa shape index (κ1) is 16.0. The van der Waals surface area contributed by atoms with Crippen LogP contribution in [0.2, 0.25) is 10.0 Å². The normalized spacial score (nSPS) is 11.1. The molecule has 0 atom stereocenters. The molecule has 0 spiro atoms. The van der Waals surface area contributed by atoms with Crippen molar-refractivity contribution in [2.45, 2.75) is 6.92 Å². The molecular formula is C17H13Cl2N3S. The lowest BCUT2D eigenvalue weighted by molar-refractivity contribution is 1.29. The molecule has 0 fully saturated rings. The highest BCUT2D eigenvalue weighted by Crippen LogP contribution is 2.25. The molecule has 3 aromatic rings. The Morgan fingerprint density at radius 1 is 1.09 bits per heavy atom. The standard InChI is InChI=1S/C17H13Cl2N3S/c1-11-2-5-13(6-3-11)16-10-23-17(21-16)22-20-9-12-4-7-14(18)15(19)8-12/h2-10H,1H3,(H,21,22)/b20-9-. The summed E-state index contributed by atoms with van der Waals surface area (Å²) in [5.41, 5.74) is 7.05. The first-order chi connectivity index (χ1) is 11.1. The summed E-state index contributed by atoms with van der Waals surface area (Å²) in [6.07, 6.45) is 1.68. The van der Waals surface area contributed by atoms with Gasteiger partial charge in [0, 0.05) is 10.9 Å². The molecule has 0 aliphatic carbocycles. The fourth-order valence-electron chi connectivity index (χ4n) is 1.94. The minimum atomic E-state index is 0.506. The zero-order valence-corrected chi connectivity index (χ0v) is 14.6. The largest absolute Gasteiger partial charge is 0.253 e. The van der Waals surface area contributed by atoms with E-state index in [1.165, 1.54) is 16.9 Å². The van der Waals surface area contributed by atoms with Gasteiger partial charge in [-0.25, -0.2) is 4.98 Å². The van der Waals surface area contributed by atoms with Gasteiger partial charge < -0.3 is 0 Å². The van der Waals surface area contributed by atoms with E-state index < -0.39 is 0 Å². The van der Waals surface area contributed by atoms with Crippen molar-refractivity contribution in [1.82, 2.24) is 4.98 Å². The summed E-state index contributed by atoms with van der Waals surface area (Å²) in [4.78, 5) is 4.52. The Labute approximate surface area is 148 Å². The van der Waals surface area contributed by atoms with Gasteiger partial charge in [-0.2, -0.15) is 5.10 Å². The number of nitrogens with zero attached hydrogens (tertiary/aromatic N) is 2. The molecule has 0 aliphatic heterocycles. The first-order valence-corrected chi connectivity index (χ1v) is 8.52. The average molecular weight is 362 g/mol. The first-order valence-electron chi connectivity index (χ1n) is 6.88. The summed E-state index contributed by atoms with van der Waals surface area (Å²) in [6.45, 7) is 2.07. The van der Waals surface area contributed by atoms with Crippen molar-refractivity contribution < 1.29 is 0 Å². The van der Waals surface area contributed by atoms with Crippen LogP contribution in [0, 0.1) is 6.92 Å². The van der Waals surface area contributed by atoms with E-state index in [0.29, 0.717) is 10.0 Å². The summed E-state index contributed by atoms with van der Waals surface area (Å²) in [7, 11) is 0. The maximum absolute atomic E-state index is 5.97. The fraction of sp³-hybridized carbons (Fsp3) is 0.0588. The third-order valence-corrected chi connectivity index (χ3v) is 4.65. The maximum Gasteiger partial charge on any atom is 0.203 e. The molecule has 116 valence electrons. The highest BCUT2D eigenvalue weighted by atomic mass is 35.5. The van der Waals surface area contributed by atoms with Crippen LogP contribution in [0.15, 0.2) is 52.9 Å². The van der Waals surface area contributed by atoms with Gasteiger partial charge in [-0.05, 0) is 24.6 Å². The van der Waals surface area contributed by atoms with E-state index in [4.69, 9.17) is 23.2 Å². The Hall–Kier alpha value is -1.88. The molecule has 0 saturated heterocycles. The Morgan fingerprint density at radius 3 is 2.61 bits per heavy atom. The molecule has 0 aliphatic rings. The van der Waals surface area contributed by atoms with E-state index in [1.54, 1.807) is 18.3 Å². The number of halogens is 2. The van der Waals surface area contributed by atoms with E-state index in [1.807, 2.05) is 11.4 Å². The van der Waals surface area contributed by atoms with Crippen molar-refractivity contribution >= 4 is 45.9 Å². The molecule has 3 rings (SSSR count). The van der Waals surface area contributed by atoms with E-state index in [9.17, 15) is 0 Å². The molecule has 1 N–H and O–H groups in total.